The Hall–Kier alpha value is -2.76. The van der Waals surface area contributed by atoms with Gasteiger partial charge >= 0.3 is 5.97 Å². The molecule has 6 nitrogen and oxygen atoms in total. The lowest BCUT2D eigenvalue weighted by Crippen LogP contribution is -2.10. The number of fused-ring (bicyclic) bond motifs is 1. The van der Waals surface area contributed by atoms with Crippen LogP contribution in [0.1, 0.15) is 69.6 Å². The van der Waals surface area contributed by atoms with Gasteiger partial charge in [-0.25, -0.2) is 0 Å². The Morgan fingerprint density at radius 3 is 2.83 bits per heavy atom. The minimum Gasteiger partial charge on any atom is -0.481 e. The molecule has 29 heavy (non-hydrogen) atoms. The molecule has 0 radical (unpaired) electrons. The smallest absolute Gasteiger partial charge is 0.304 e. The normalized spacial score (nSPS) is 16.1. The minimum atomic E-state index is -0.837. The molecule has 0 aliphatic heterocycles. The summed E-state index contributed by atoms with van der Waals surface area (Å²) in [6.45, 7) is 0. The van der Waals surface area contributed by atoms with E-state index in [1.54, 1.807) is 6.20 Å². The van der Waals surface area contributed by atoms with Crippen LogP contribution in [0.2, 0.25) is 0 Å². The topological polar surface area (TPSA) is 89.1 Å². The largest absolute Gasteiger partial charge is 0.481 e. The van der Waals surface area contributed by atoms with Crippen LogP contribution in [0, 0.1) is 5.92 Å². The molecule has 1 aliphatic carbocycles. The zero-order chi connectivity index (χ0) is 20.1. The Balaban J connectivity index is 1.50. The van der Waals surface area contributed by atoms with E-state index in [0.29, 0.717) is 17.4 Å². The van der Waals surface area contributed by atoms with Crippen molar-refractivity contribution in [2.45, 2.75) is 63.7 Å². The lowest BCUT2D eigenvalue weighted by Gasteiger charge is -2.21. The van der Waals surface area contributed by atoms with Crippen LogP contribution < -0.4 is 0 Å². The molecule has 1 aromatic carbocycles. The maximum Gasteiger partial charge on any atom is 0.304 e. The first-order chi connectivity index (χ1) is 14.2. The average Bonchev–Trinajstić information content (AvgIpc) is 3.23. The Morgan fingerprint density at radius 1 is 1.17 bits per heavy atom. The number of nitrogens with zero attached hydrogens (tertiary/aromatic N) is 3. The van der Waals surface area contributed by atoms with Crippen LogP contribution in [0.5, 0.6) is 0 Å². The first-order valence-electron chi connectivity index (χ1n) is 10.6. The second-order valence-corrected chi connectivity index (χ2v) is 8.07. The fourth-order valence-corrected chi connectivity index (χ4v) is 4.45. The van der Waals surface area contributed by atoms with Gasteiger partial charge in [-0.05, 0) is 23.8 Å². The molecule has 1 fully saturated rings. The fourth-order valence-electron chi connectivity index (χ4n) is 4.45. The maximum absolute atomic E-state index is 11.4. The highest BCUT2D eigenvalue weighted by Crippen LogP contribution is 2.32. The first-order valence-corrected chi connectivity index (χ1v) is 10.6. The molecular weight excluding hydrogens is 366 g/mol. The number of aliphatic carboxylic acids is 1. The van der Waals surface area contributed by atoms with Crippen LogP contribution in [-0.4, -0.2) is 26.2 Å². The molecule has 4 rings (SSSR count). The molecule has 2 aromatic heterocycles. The molecule has 0 spiro atoms. The third-order valence-electron chi connectivity index (χ3n) is 5.99. The maximum atomic E-state index is 11.4. The molecule has 1 aliphatic rings. The third kappa shape index (κ3) is 4.81. The van der Waals surface area contributed by atoms with Gasteiger partial charge in [0.25, 0.3) is 0 Å². The summed E-state index contributed by atoms with van der Waals surface area (Å²) >= 11 is 0. The Labute approximate surface area is 170 Å². The molecule has 1 saturated carbocycles. The Bertz CT molecular complexity index is 957. The SMILES string of the molecule is O=C(O)C[C@@H](CCCC1CCCCC1)c1nc(-c2nccc3ccccc23)no1. The molecule has 1 atom stereocenters. The molecular formula is C23H27N3O3. The predicted molar refractivity (Wildman–Crippen MR) is 110 cm³/mol. The van der Waals surface area contributed by atoms with E-state index in [4.69, 9.17) is 4.52 Å². The highest BCUT2D eigenvalue weighted by Gasteiger charge is 2.24. The van der Waals surface area contributed by atoms with Gasteiger partial charge in [0.05, 0.1) is 6.42 Å². The van der Waals surface area contributed by atoms with Gasteiger partial charge < -0.3 is 9.63 Å². The molecule has 152 valence electrons. The number of hydrogen-bond acceptors (Lipinski definition) is 5. The van der Waals surface area contributed by atoms with Crippen LogP contribution in [0.25, 0.3) is 22.3 Å². The highest BCUT2D eigenvalue weighted by atomic mass is 16.5. The van der Waals surface area contributed by atoms with Gasteiger partial charge in [0.15, 0.2) is 0 Å². The summed E-state index contributed by atoms with van der Waals surface area (Å²) in [5.74, 6) is 0.510. The zero-order valence-electron chi connectivity index (χ0n) is 16.6. The summed E-state index contributed by atoms with van der Waals surface area (Å²) in [7, 11) is 0. The van der Waals surface area contributed by atoms with Crippen molar-refractivity contribution in [2.24, 2.45) is 5.92 Å². The monoisotopic (exact) mass is 393 g/mol. The number of hydrogen-bond donors (Lipinski definition) is 1. The van der Waals surface area contributed by atoms with Crippen LogP contribution in [0.4, 0.5) is 0 Å². The van der Waals surface area contributed by atoms with Gasteiger partial charge in [0.1, 0.15) is 5.69 Å². The van der Waals surface area contributed by atoms with E-state index < -0.39 is 5.97 Å². The number of pyridine rings is 1. The summed E-state index contributed by atoms with van der Waals surface area (Å²) in [4.78, 5) is 20.4. The quantitative estimate of drug-likeness (QED) is 0.536. The first kappa shape index (κ1) is 19.6. The highest BCUT2D eigenvalue weighted by molar-refractivity contribution is 5.92. The molecule has 0 unspecified atom stereocenters. The van der Waals surface area contributed by atoms with Gasteiger partial charge in [0.2, 0.25) is 11.7 Å². The van der Waals surface area contributed by atoms with E-state index >= 15 is 0 Å². The standard InChI is InChI=1S/C23H27N3O3/c27-20(28)15-18(11-6-9-16-7-2-1-3-8-16)23-25-22(26-29-23)21-19-12-5-4-10-17(19)13-14-24-21/h4-5,10,12-14,16,18H,1-3,6-9,11,15H2,(H,27,28)/t18-/m1/s1. The summed E-state index contributed by atoms with van der Waals surface area (Å²) in [5.41, 5.74) is 0.661. The number of aromatic nitrogens is 3. The summed E-state index contributed by atoms with van der Waals surface area (Å²) in [6, 6.07) is 9.86. The van der Waals surface area contributed by atoms with E-state index in [2.05, 4.69) is 15.1 Å². The Kier molecular flexibility index (Phi) is 6.17. The lowest BCUT2D eigenvalue weighted by molar-refractivity contribution is -0.137. The van der Waals surface area contributed by atoms with Gasteiger partial charge in [0, 0.05) is 17.5 Å². The molecule has 1 N–H and O–H groups in total. The van der Waals surface area contributed by atoms with E-state index in [1.807, 2.05) is 30.3 Å². The van der Waals surface area contributed by atoms with Gasteiger partial charge in [-0.3, -0.25) is 9.78 Å². The van der Waals surface area contributed by atoms with E-state index in [9.17, 15) is 9.90 Å². The Morgan fingerprint density at radius 2 is 2.00 bits per heavy atom. The number of rotatable bonds is 8. The lowest BCUT2D eigenvalue weighted by atomic mass is 9.84. The van der Waals surface area contributed by atoms with Crippen LogP contribution >= 0.6 is 0 Å². The minimum absolute atomic E-state index is 0.00919. The van der Waals surface area contributed by atoms with Crippen molar-refractivity contribution in [1.29, 1.82) is 0 Å². The molecule has 2 heterocycles. The van der Waals surface area contributed by atoms with E-state index in [0.717, 1.165) is 36.0 Å². The van der Waals surface area contributed by atoms with Crippen LogP contribution in [0.3, 0.4) is 0 Å². The summed E-state index contributed by atoms with van der Waals surface area (Å²) in [5, 5.41) is 15.5. The summed E-state index contributed by atoms with van der Waals surface area (Å²) < 4.78 is 5.51. The second-order valence-electron chi connectivity index (χ2n) is 8.07. The van der Waals surface area contributed by atoms with Crippen molar-refractivity contribution >= 4 is 16.7 Å². The number of carbonyl (C=O) groups is 1. The number of benzene rings is 1. The van der Waals surface area contributed by atoms with Crippen LogP contribution in [-0.2, 0) is 4.79 Å². The number of carboxylic acid groups (broad SMARTS) is 1. The molecule has 0 bridgehead atoms. The second kappa shape index (κ2) is 9.16. The van der Waals surface area contributed by atoms with Crippen molar-refractivity contribution in [1.82, 2.24) is 15.1 Å². The zero-order valence-corrected chi connectivity index (χ0v) is 16.6. The number of carboxylic acids is 1. The van der Waals surface area contributed by atoms with E-state index in [-0.39, 0.29) is 12.3 Å². The van der Waals surface area contributed by atoms with Crippen LogP contribution in [0.15, 0.2) is 41.1 Å². The summed E-state index contributed by atoms with van der Waals surface area (Å²) in [6.07, 6.45) is 11.3. The third-order valence-corrected chi connectivity index (χ3v) is 5.99. The van der Waals surface area contributed by atoms with Crippen molar-refractivity contribution in [3.05, 3.63) is 42.4 Å². The van der Waals surface area contributed by atoms with Crippen molar-refractivity contribution in [3.8, 4) is 11.5 Å². The predicted octanol–water partition coefficient (Wildman–Crippen LogP) is 5.59. The molecule has 0 amide bonds. The van der Waals surface area contributed by atoms with Crippen molar-refractivity contribution < 1.29 is 14.4 Å². The van der Waals surface area contributed by atoms with E-state index in [1.165, 1.54) is 32.1 Å². The van der Waals surface area contributed by atoms with Crippen molar-refractivity contribution in [3.63, 3.8) is 0 Å². The molecule has 6 heteroatoms. The molecule has 0 saturated heterocycles. The van der Waals surface area contributed by atoms with Gasteiger partial charge in [-0.2, -0.15) is 4.98 Å². The van der Waals surface area contributed by atoms with Crippen molar-refractivity contribution in [2.75, 3.05) is 0 Å². The molecule has 3 aromatic rings. The van der Waals surface area contributed by atoms with Gasteiger partial charge in [-0.15, -0.1) is 0 Å². The average molecular weight is 393 g/mol. The van der Waals surface area contributed by atoms with Gasteiger partial charge in [-0.1, -0.05) is 74.4 Å². The fraction of sp³-hybridized carbons (Fsp3) is 0.478.